The molecule has 4 rings (SSSR count). The third-order valence-electron chi connectivity index (χ3n) is 5.45. The molecule has 2 aromatic carbocycles. The van der Waals surface area contributed by atoms with Crippen LogP contribution in [0.15, 0.2) is 64.0 Å². The van der Waals surface area contributed by atoms with Crippen LogP contribution in [0, 0.1) is 6.92 Å². The van der Waals surface area contributed by atoms with Crippen molar-refractivity contribution in [3.8, 4) is 11.3 Å². The topological polar surface area (TPSA) is 83.7 Å². The van der Waals surface area contributed by atoms with Crippen molar-refractivity contribution in [2.45, 2.75) is 18.0 Å². The number of halogens is 3. The summed E-state index contributed by atoms with van der Waals surface area (Å²) in [7, 11) is -4.14. The fraction of sp³-hybridized carbons (Fsp3) is 0.273. The smallest absolute Gasteiger partial charge is 0.360 e. The minimum Gasteiger partial charge on any atom is -0.360 e. The molecule has 1 aliphatic rings. The number of amides is 1. The first-order valence-electron chi connectivity index (χ1n) is 10.1. The number of carbonyl (C=O) groups is 1. The number of benzene rings is 2. The van der Waals surface area contributed by atoms with Gasteiger partial charge in [0.2, 0.25) is 10.0 Å². The molecule has 0 saturated carbocycles. The van der Waals surface area contributed by atoms with Crippen LogP contribution >= 0.6 is 0 Å². The normalized spacial score (nSPS) is 15.6. The highest BCUT2D eigenvalue weighted by molar-refractivity contribution is 7.89. The Morgan fingerprint density at radius 1 is 1.00 bits per heavy atom. The highest BCUT2D eigenvalue weighted by Gasteiger charge is 2.35. The van der Waals surface area contributed by atoms with Gasteiger partial charge in [-0.2, -0.15) is 17.5 Å². The number of hydrogen-bond donors (Lipinski definition) is 0. The van der Waals surface area contributed by atoms with Gasteiger partial charge in [0.15, 0.2) is 0 Å². The number of nitrogens with zero attached hydrogens (tertiary/aromatic N) is 3. The Hall–Kier alpha value is -3.18. The van der Waals surface area contributed by atoms with Gasteiger partial charge in [0, 0.05) is 31.7 Å². The summed E-state index contributed by atoms with van der Waals surface area (Å²) in [5, 5.41) is 4.00. The quantitative estimate of drug-likeness (QED) is 0.568. The molecule has 1 aliphatic heterocycles. The molecule has 3 aromatic rings. The number of aryl methyl sites for hydroxylation is 1. The predicted molar refractivity (Wildman–Crippen MR) is 113 cm³/mol. The minimum absolute atomic E-state index is 0.0463. The molecule has 1 aromatic heterocycles. The highest BCUT2D eigenvalue weighted by atomic mass is 32.2. The second-order valence-corrected chi connectivity index (χ2v) is 9.49. The molecule has 0 bridgehead atoms. The molecule has 33 heavy (non-hydrogen) atoms. The largest absolute Gasteiger partial charge is 0.416 e. The molecule has 11 heteroatoms. The zero-order valence-corrected chi connectivity index (χ0v) is 18.4. The van der Waals surface area contributed by atoms with E-state index in [-0.39, 0.29) is 32.1 Å². The van der Waals surface area contributed by atoms with Gasteiger partial charge in [-0.1, -0.05) is 41.6 Å². The lowest BCUT2D eigenvalue weighted by Gasteiger charge is -2.34. The van der Waals surface area contributed by atoms with Crippen LogP contribution in [0.5, 0.6) is 0 Å². The van der Waals surface area contributed by atoms with Crippen LogP contribution in [-0.4, -0.2) is 54.9 Å². The first-order valence-corrected chi connectivity index (χ1v) is 11.5. The van der Waals surface area contributed by atoms with E-state index in [0.717, 1.165) is 22.5 Å². The van der Waals surface area contributed by atoms with E-state index in [1.54, 1.807) is 19.1 Å². The molecule has 1 amide bonds. The third kappa shape index (κ3) is 4.51. The van der Waals surface area contributed by atoms with Crippen LogP contribution in [0.2, 0.25) is 0 Å². The molecule has 0 atom stereocenters. The lowest BCUT2D eigenvalue weighted by Crippen LogP contribution is -2.50. The Kier molecular flexibility index (Phi) is 6.02. The average molecular weight is 479 g/mol. The number of aromatic nitrogens is 1. The van der Waals surface area contributed by atoms with Crippen molar-refractivity contribution in [1.29, 1.82) is 0 Å². The van der Waals surface area contributed by atoms with E-state index in [0.29, 0.717) is 28.6 Å². The second-order valence-electron chi connectivity index (χ2n) is 7.55. The van der Waals surface area contributed by atoms with E-state index in [1.165, 1.54) is 4.90 Å². The maximum atomic E-state index is 13.2. The van der Waals surface area contributed by atoms with Gasteiger partial charge < -0.3 is 9.42 Å². The molecule has 7 nitrogen and oxygen atoms in total. The number of sulfonamides is 1. The van der Waals surface area contributed by atoms with E-state index < -0.39 is 26.7 Å². The van der Waals surface area contributed by atoms with Crippen LogP contribution in [0.4, 0.5) is 13.2 Å². The van der Waals surface area contributed by atoms with Gasteiger partial charge in [0.05, 0.1) is 10.5 Å². The standard InChI is InChI=1S/C22H20F3N3O4S/c1-15-19(20(26-32-15)16-6-3-2-4-7-16)21(29)27-10-12-28(13-11-27)33(30,31)18-9-5-8-17(14-18)22(23,24)25/h2-9,14H,10-13H2,1H3. The van der Waals surface area contributed by atoms with Crippen molar-refractivity contribution >= 4 is 15.9 Å². The fourth-order valence-electron chi connectivity index (χ4n) is 3.69. The number of hydrogen-bond acceptors (Lipinski definition) is 5. The van der Waals surface area contributed by atoms with Gasteiger partial charge in [-0.05, 0) is 25.1 Å². The SMILES string of the molecule is Cc1onc(-c2ccccc2)c1C(=O)N1CCN(S(=O)(=O)c2cccc(C(F)(F)F)c2)CC1. The van der Waals surface area contributed by atoms with Crippen LogP contribution < -0.4 is 0 Å². The number of rotatable bonds is 4. The van der Waals surface area contributed by atoms with Gasteiger partial charge in [-0.15, -0.1) is 0 Å². The number of alkyl halides is 3. The summed E-state index contributed by atoms with van der Waals surface area (Å²) >= 11 is 0. The zero-order valence-electron chi connectivity index (χ0n) is 17.5. The Balaban J connectivity index is 1.51. The average Bonchev–Trinajstić information content (AvgIpc) is 3.20. The van der Waals surface area contributed by atoms with Crippen molar-refractivity contribution in [3.63, 3.8) is 0 Å². The van der Waals surface area contributed by atoms with Gasteiger partial charge in [-0.25, -0.2) is 8.42 Å². The number of carbonyl (C=O) groups excluding carboxylic acids is 1. The summed E-state index contributed by atoms with van der Waals surface area (Å²) in [6.45, 7) is 1.69. The molecule has 1 fully saturated rings. The van der Waals surface area contributed by atoms with Gasteiger partial charge >= 0.3 is 6.18 Å². The first kappa shape index (κ1) is 23.0. The van der Waals surface area contributed by atoms with Crippen molar-refractivity contribution in [2.75, 3.05) is 26.2 Å². The molecule has 174 valence electrons. The summed E-state index contributed by atoms with van der Waals surface area (Å²) in [5.74, 6) is 0.00147. The fourth-order valence-corrected chi connectivity index (χ4v) is 5.16. The van der Waals surface area contributed by atoms with Gasteiger partial charge in [-0.3, -0.25) is 4.79 Å². The third-order valence-corrected chi connectivity index (χ3v) is 7.34. The summed E-state index contributed by atoms with van der Waals surface area (Å²) in [5.41, 5.74) is 0.379. The molecule has 0 spiro atoms. The monoisotopic (exact) mass is 479 g/mol. The predicted octanol–water partition coefficient (Wildman–Crippen LogP) is 3.82. The van der Waals surface area contributed by atoms with Gasteiger partial charge in [0.1, 0.15) is 17.0 Å². The number of piperazine rings is 1. The van der Waals surface area contributed by atoms with E-state index in [9.17, 15) is 26.4 Å². The molecule has 0 radical (unpaired) electrons. The Morgan fingerprint density at radius 2 is 1.67 bits per heavy atom. The van der Waals surface area contributed by atoms with Crippen LogP contribution in [0.1, 0.15) is 21.7 Å². The molecule has 1 saturated heterocycles. The van der Waals surface area contributed by atoms with E-state index >= 15 is 0 Å². The molecule has 0 N–H and O–H groups in total. The van der Waals surface area contributed by atoms with Crippen LogP contribution in [0.25, 0.3) is 11.3 Å². The lowest BCUT2D eigenvalue weighted by atomic mass is 10.0. The molecule has 2 heterocycles. The maximum Gasteiger partial charge on any atom is 0.416 e. The lowest BCUT2D eigenvalue weighted by molar-refractivity contribution is -0.137. The van der Waals surface area contributed by atoms with E-state index in [4.69, 9.17) is 4.52 Å². The maximum absolute atomic E-state index is 13.2. The molecule has 0 aliphatic carbocycles. The second kappa shape index (κ2) is 8.64. The summed E-state index contributed by atoms with van der Waals surface area (Å²) in [6, 6.07) is 12.7. The molecular formula is C22H20F3N3O4S. The zero-order chi connectivity index (χ0) is 23.8. The van der Waals surface area contributed by atoms with Crippen molar-refractivity contribution in [2.24, 2.45) is 0 Å². The summed E-state index contributed by atoms with van der Waals surface area (Å²) in [4.78, 5) is 14.2. The Morgan fingerprint density at radius 3 is 2.30 bits per heavy atom. The summed E-state index contributed by atoms with van der Waals surface area (Å²) in [6.07, 6.45) is -4.65. The summed E-state index contributed by atoms with van der Waals surface area (Å²) < 4.78 is 71.1. The minimum atomic E-state index is -4.65. The van der Waals surface area contributed by atoms with Gasteiger partial charge in [0.25, 0.3) is 5.91 Å². The molecular weight excluding hydrogens is 459 g/mol. The van der Waals surface area contributed by atoms with Crippen molar-refractivity contribution < 1.29 is 30.9 Å². The Bertz CT molecular complexity index is 1270. The van der Waals surface area contributed by atoms with Crippen molar-refractivity contribution in [1.82, 2.24) is 14.4 Å². The van der Waals surface area contributed by atoms with Crippen LogP contribution in [-0.2, 0) is 16.2 Å². The van der Waals surface area contributed by atoms with E-state index in [2.05, 4.69) is 5.16 Å². The first-order chi connectivity index (χ1) is 15.6. The molecule has 0 unspecified atom stereocenters. The van der Waals surface area contributed by atoms with Crippen LogP contribution in [0.3, 0.4) is 0 Å². The van der Waals surface area contributed by atoms with E-state index in [1.807, 2.05) is 18.2 Å². The highest BCUT2D eigenvalue weighted by Crippen LogP contribution is 2.32. The Labute approximate surface area is 188 Å². The van der Waals surface area contributed by atoms with Crippen molar-refractivity contribution in [3.05, 3.63) is 71.5 Å².